The van der Waals surface area contributed by atoms with E-state index in [1.54, 1.807) is 0 Å². The molecule has 26 heavy (non-hydrogen) atoms. The van der Waals surface area contributed by atoms with E-state index < -0.39 is 6.10 Å². The Morgan fingerprint density at radius 2 is 1.85 bits per heavy atom. The molecule has 0 aliphatic heterocycles. The van der Waals surface area contributed by atoms with Gasteiger partial charge in [-0.05, 0) is 31.0 Å². The lowest BCUT2D eigenvalue weighted by atomic mass is 10.1. The van der Waals surface area contributed by atoms with E-state index in [2.05, 4.69) is 15.6 Å². The number of hydrogen-bond acceptors (Lipinski definition) is 3. The molecule has 0 saturated heterocycles. The summed E-state index contributed by atoms with van der Waals surface area (Å²) >= 11 is 0. The fourth-order valence-electron chi connectivity index (χ4n) is 2.78. The van der Waals surface area contributed by atoms with Gasteiger partial charge in [0.15, 0.2) is 5.96 Å². The molecule has 0 saturated carbocycles. The lowest BCUT2D eigenvalue weighted by Crippen LogP contribution is -2.38. The average molecular weight is 351 g/mol. The highest BCUT2D eigenvalue weighted by Gasteiger charge is 2.07. The Balaban J connectivity index is 1.55. The second-order valence-corrected chi connectivity index (χ2v) is 6.09. The quantitative estimate of drug-likeness (QED) is 0.449. The van der Waals surface area contributed by atoms with Crippen molar-refractivity contribution in [1.29, 1.82) is 0 Å². The Hall–Kier alpha value is -2.79. The molecular formula is C21H25N3O2. The van der Waals surface area contributed by atoms with Crippen molar-refractivity contribution in [2.45, 2.75) is 26.0 Å². The number of benzene rings is 2. The van der Waals surface area contributed by atoms with Crippen LogP contribution in [0, 0.1) is 0 Å². The van der Waals surface area contributed by atoms with E-state index in [1.165, 1.54) is 0 Å². The number of nitrogens with one attached hydrogen (secondary N) is 2. The number of guanidine groups is 1. The van der Waals surface area contributed by atoms with Crippen molar-refractivity contribution >= 4 is 16.9 Å². The third-order valence-electron chi connectivity index (χ3n) is 4.11. The summed E-state index contributed by atoms with van der Waals surface area (Å²) in [5.74, 6) is 1.54. The van der Waals surface area contributed by atoms with Crippen molar-refractivity contribution in [3.63, 3.8) is 0 Å². The smallest absolute Gasteiger partial charge is 0.191 e. The number of rotatable bonds is 7. The van der Waals surface area contributed by atoms with Gasteiger partial charge in [0.2, 0.25) is 0 Å². The lowest BCUT2D eigenvalue weighted by Gasteiger charge is -2.14. The van der Waals surface area contributed by atoms with Gasteiger partial charge in [0.1, 0.15) is 17.9 Å². The van der Waals surface area contributed by atoms with Gasteiger partial charge >= 0.3 is 0 Å². The Labute approximate surface area is 153 Å². The number of nitrogens with zero attached hydrogens (tertiary/aromatic N) is 1. The minimum atomic E-state index is -0.484. The zero-order chi connectivity index (χ0) is 18.2. The highest BCUT2D eigenvalue weighted by molar-refractivity contribution is 5.80. The third-order valence-corrected chi connectivity index (χ3v) is 4.11. The molecule has 5 heteroatoms. The summed E-state index contributed by atoms with van der Waals surface area (Å²) in [6.07, 6.45) is 0.126. The van der Waals surface area contributed by atoms with Gasteiger partial charge in [-0.3, -0.25) is 0 Å². The fraction of sp³-hybridized carbons (Fsp3) is 0.286. The van der Waals surface area contributed by atoms with Crippen molar-refractivity contribution < 1.29 is 9.52 Å². The molecule has 1 unspecified atom stereocenters. The minimum Gasteiger partial charge on any atom is -0.459 e. The van der Waals surface area contributed by atoms with Crippen LogP contribution in [0.25, 0.3) is 11.0 Å². The van der Waals surface area contributed by atoms with Gasteiger partial charge in [-0.2, -0.15) is 0 Å². The van der Waals surface area contributed by atoms with E-state index in [9.17, 15) is 5.11 Å². The first kappa shape index (κ1) is 18.0. The van der Waals surface area contributed by atoms with Gasteiger partial charge in [-0.25, -0.2) is 4.99 Å². The first-order valence-corrected chi connectivity index (χ1v) is 8.99. The third kappa shape index (κ3) is 4.86. The number of fused-ring (bicyclic) bond motifs is 1. The molecule has 0 amide bonds. The summed E-state index contributed by atoms with van der Waals surface area (Å²) in [6, 6.07) is 19.6. The van der Waals surface area contributed by atoms with Crippen LogP contribution in [0.1, 0.15) is 30.8 Å². The zero-order valence-electron chi connectivity index (χ0n) is 15.0. The maximum absolute atomic E-state index is 10.2. The molecule has 3 N–H and O–H groups in total. The van der Waals surface area contributed by atoms with Crippen LogP contribution >= 0.6 is 0 Å². The fourth-order valence-corrected chi connectivity index (χ4v) is 2.78. The van der Waals surface area contributed by atoms with E-state index in [-0.39, 0.29) is 0 Å². The number of aliphatic imine (C=N–C) groups is 1. The second-order valence-electron chi connectivity index (χ2n) is 6.09. The monoisotopic (exact) mass is 351 g/mol. The standard InChI is InChI=1S/C21H25N3O2/c1-2-22-21(23-13-12-19(25)16-8-4-3-5-9-16)24-15-18-14-17-10-6-7-11-20(17)26-18/h3-11,14,19,25H,2,12-13,15H2,1H3,(H2,22,23,24). The molecule has 0 radical (unpaired) electrons. The normalized spacial score (nSPS) is 12.9. The van der Waals surface area contributed by atoms with E-state index in [0.717, 1.165) is 28.8 Å². The van der Waals surface area contributed by atoms with Gasteiger partial charge in [0, 0.05) is 18.5 Å². The Bertz CT molecular complexity index is 810. The van der Waals surface area contributed by atoms with Crippen molar-refractivity contribution in [1.82, 2.24) is 10.6 Å². The highest BCUT2D eigenvalue weighted by Crippen LogP contribution is 2.19. The predicted molar refractivity (Wildman–Crippen MR) is 105 cm³/mol. The van der Waals surface area contributed by atoms with Crippen molar-refractivity contribution in [2.24, 2.45) is 4.99 Å². The molecule has 0 aliphatic carbocycles. The molecule has 3 aromatic rings. The largest absolute Gasteiger partial charge is 0.459 e. The van der Waals surface area contributed by atoms with Gasteiger partial charge in [-0.15, -0.1) is 0 Å². The molecule has 1 atom stereocenters. The number of para-hydroxylation sites is 1. The summed E-state index contributed by atoms with van der Waals surface area (Å²) in [5, 5.41) is 17.8. The average Bonchev–Trinajstić information content (AvgIpc) is 3.09. The van der Waals surface area contributed by atoms with Gasteiger partial charge < -0.3 is 20.2 Å². The summed E-state index contributed by atoms with van der Waals surface area (Å²) in [6.45, 7) is 3.89. The maximum Gasteiger partial charge on any atom is 0.191 e. The summed E-state index contributed by atoms with van der Waals surface area (Å²) in [4.78, 5) is 4.57. The number of aliphatic hydroxyl groups is 1. The van der Waals surface area contributed by atoms with Gasteiger partial charge in [-0.1, -0.05) is 48.5 Å². The molecular weight excluding hydrogens is 326 g/mol. The Morgan fingerprint density at radius 3 is 2.62 bits per heavy atom. The molecule has 0 bridgehead atoms. The SMILES string of the molecule is CCNC(=NCc1cc2ccccc2o1)NCCC(O)c1ccccc1. The minimum absolute atomic E-state index is 0.464. The van der Waals surface area contributed by atoms with Gasteiger partial charge in [0.05, 0.1) is 6.10 Å². The first-order valence-electron chi connectivity index (χ1n) is 8.99. The Morgan fingerprint density at radius 1 is 1.08 bits per heavy atom. The van der Waals surface area contributed by atoms with E-state index in [0.29, 0.717) is 25.5 Å². The van der Waals surface area contributed by atoms with Crippen LogP contribution in [0.5, 0.6) is 0 Å². The zero-order valence-corrected chi connectivity index (χ0v) is 15.0. The summed E-state index contributed by atoms with van der Waals surface area (Å²) in [5.41, 5.74) is 1.81. The van der Waals surface area contributed by atoms with Crippen LogP contribution in [-0.2, 0) is 6.54 Å². The topological polar surface area (TPSA) is 69.8 Å². The van der Waals surface area contributed by atoms with Crippen LogP contribution in [0.2, 0.25) is 0 Å². The van der Waals surface area contributed by atoms with Crippen molar-refractivity contribution in [3.05, 3.63) is 72.0 Å². The molecule has 5 nitrogen and oxygen atoms in total. The molecule has 3 rings (SSSR count). The predicted octanol–water partition coefficient (Wildman–Crippen LogP) is 3.61. The van der Waals surface area contributed by atoms with Crippen molar-refractivity contribution in [3.8, 4) is 0 Å². The first-order chi connectivity index (χ1) is 12.8. The molecule has 2 aromatic carbocycles. The van der Waals surface area contributed by atoms with Crippen LogP contribution < -0.4 is 10.6 Å². The summed E-state index contributed by atoms with van der Waals surface area (Å²) in [7, 11) is 0. The van der Waals surface area contributed by atoms with Crippen LogP contribution in [0.3, 0.4) is 0 Å². The maximum atomic E-state index is 10.2. The van der Waals surface area contributed by atoms with Crippen LogP contribution in [-0.4, -0.2) is 24.2 Å². The highest BCUT2D eigenvalue weighted by atomic mass is 16.3. The van der Waals surface area contributed by atoms with Crippen molar-refractivity contribution in [2.75, 3.05) is 13.1 Å². The molecule has 0 spiro atoms. The molecule has 1 heterocycles. The summed E-state index contributed by atoms with van der Waals surface area (Å²) < 4.78 is 5.79. The molecule has 0 fully saturated rings. The lowest BCUT2D eigenvalue weighted by molar-refractivity contribution is 0.168. The molecule has 1 aromatic heterocycles. The number of aliphatic hydroxyl groups excluding tert-OH is 1. The number of hydrogen-bond donors (Lipinski definition) is 3. The van der Waals surface area contributed by atoms with E-state index in [1.807, 2.05) is 67.6 Å². The van der Waals surface area contributed by atoms with Crippen LogP contribution in [0.15, 0.2) is 70.1 Å². The molecule has 136 valence electrons. The molecule has 0 aliphatic rings. The number of furan rings is 1. The van der Waals surface area contributed by atoms with E-state index >= 15 is 0 Å². The van der Waals surface area contributed by atoms with E-state index in [4.69, 9.17) is 4.42 Å². The Kier molecular flexibility index (Phi) is 6.28. The second kappa shape index (κ2) is 9.06. The van der Waals surface area contributed by atoms with Gasteiger partial charge in [0.25, 0.3) is 0 Å². The van der Waals surface area contributed by atoms with Crippen LogP contribution in [0.4, 0.5) is 0 Å².